The fourth-order valence-electron chi connectivity index (χ4n) is 13.1. The molecule has 17 nitrogen and oxygen atoms in total. The van der Waals surface area contributed by atoms with Crippen molar-refractivity contribution in [2.45, 2.75) is 123 Å². The number of esters is 3. The second kappa shape index (κ2) is 21.6. The SMILES string of the molecule is COC(=O)C(CC(=O)NCCOCCOCCNC(=O)COC1CCC2(C)C(CCC3C2CC(O)C2(C)C(C4=CC(=O)OC4)CCC32O)C1)C/C(C)=C/Cc1c(O)c2c(c(C)c1OC)COC2=O. The first-order valence-electron chi connectivity index (χ1n) is 24.4. The van der Waals surface area contributed by atoms with Crippen molar-refractivity contribution in [3.8, 4) is 11.5 Å². The number of phenolic OH excluding ortho intramolecular Hbond substituents is 1. The van der Waals surface area contributed by atoms with Crippen LogP contribution < -0.4 is 15.4 Å². The molecule has 376 valence electrons. The van der Waals surface area contributed by atoms with Crippen LogP contribution in [0, 0.1) is 47.3 Å². The first-order valence-corrected chi connectivity index (χ1v) is 24.4. The molecule has 1 aromatic rings. The van der Waals surface area contributed by atoms with E-state index in [0.29, 0.717) is 61.0 Å². The van der Waals surface area contributed by atoms with Crippen LogP contribution in [0.3, 0.4) is 0 Å². The van der Waals surface area contributed by atoms with Crippen molar-refractivity contribution in [3.63, 3.8) is 0 Å². The van der Waals surface area contributed by atoms with E-state index in [4.69, 9.17) is 33.2 Å². The van der Waals surface area contributed by atoms with E-state index in [1.54, 1.807) is 13.0 Å². The molecule has 0 bridgehead atoms. The average Bonchev–Trinajstić information content (AvgIpc) is 4.01. The van der Waals surface area contributed by atoms with Crippen molar-refractivity contribution < 1.29 is 72.5 Å². The molecule has 2 heterocycles. The summed E-state index contributed by atoms with van der Waals surface area (Å²) in [5, 5.41) is 40.9. The van der Waals surface area contributed by atoms with Crippen LogP contribution in [-0.4, -0.2) is 130 Å². The largest absolute Gasteiger partial charge is 0.507 e. The summed E-state index contributed by atoms with van der Waals surface area (Å²) in [6.45, 7) is 9.90. The number of benzene rings is 1. The lowest BCUT2D eigenvalue weighted by atomic mass is 9.42. The van der Waals surface area contributed by atoms with Gasteiger partial charge in [-0.05, 0) is 118 Å². The highest BCUT2D eigenvalue weighted by Gasteiger charge is 2.70. The van der Waals surface area contributed by atoms with Gasteiger partial charge in [0.2, 0.25) is 11.8 Å². The third-order valence-electron chi connectivity index (χ3n) is 16.8. The van der Waals surface area contributed by atoms with Crippen LogP contribution in [0.25, 0.3) is 0 Å². The molecule has 17 heteroatoms. The minimum Gasteiger partial charge on any atom is -0.507 e. The molecule has 68 heavy (non-hydrogen) atoms. The fraction of sp³-hybridized carbons (Fsp3) is 0.706. The number of methoxy groups -OCH3 is 2. The number of amides is 2. The number of carbonyl (C=O) groups is 5. The monoisotopic (exact) mass is 952 g/mol. The topological polar surface area (TPSA) is 235 Å². The van der Waals surface area contributed by atoms with Gasteiger partial charge in [0.25, 0.3) is 0 Å². The first kappa shape index (κ1) is 51.3. The minimum atomic E-state index is -1.01. The molecule has 0 radical (unpaired) electrons. The van der Waals surface area contributed by atoms with Gasteiger partial charge < -0.3 is 59.1 Å². The third kappa shape index (κ3) is 10.2. The third-order valence-corrected chi connectivity index (χ3v) is 16.8. The molecule has 0 spiro atoms. The van der Waals surface area contributed by atoms with Gasteiger partial charge >= 0.3 is 17.9 Å². The Morgan fingerprint density at radius 2 is 1.63 bits per heavy atom. The summed E-state index contributed by atoms with van der Waals surface area (Å²) in [7, 11) is 2.76. The maximum absolute atomic E-state index is 12.8. The highest BCUT2D eigenvalue weighted by molar-refractivity contribution is 5.98. The van der Waals surface area contributed by atoms with Crippen molar-refractivity contribution in [2.75, 3.05) is 67.0 Å². The number of hydrogen-bond acceptors (Lipinski definition) is 15. The van der Waals surface area contributed by atoms with Crippen LogP contribution in [0.5, 0.6) is 11.5 Å². The second-order valence-electron chi connectivity index (χ2n) is 20.3. The van der Waals surface area contributed by atoms with E-state index in [-0.39, 0.29) is 117 Å². The summed E-state index contributed by atoms with van der Waals surface area (Å²) in [4.78, 5) is 62.3. The number of phenols is 1. The number of aliphatic hydroxyl groups is 2. The van der Waals surface area contributed by atoms with Gasteiger partial charge in [0.05, 0.1) is 64.4 Å². The minimum absolute atomic E-state index is 0.0383. The smallest absolute Gasteiger partial charge is 0.342 e. The van der Waals surface area contributed by atoms with Crippen LogP contribution in [0.2, 0.25) is 0 Å². The van der Waals surface area contributed by atoms with Gasteiger partial charge in [-0.2, -0.15) is 0 Å². The molecule has 4 saturated carbocycles. The highest BCUT2D eigenvalue weighted by atomic mass is 16.5. The second-order valence-corrected chi connectivity index (χ2v) is 20.3. The summed E-state index contributed by atoms with van der Waals surface area (Å²) in [5.41, 5.74) is 1.77. The van der Waals surface area contributed by atoms with Crippen LogP contribution in [0.1, 0.15) is 112 Å². The molecule has 2 aliphatic heterocycles. The molecular formula is C51H72N2O15. The van der Waals surface area contributed by atoms with E-state index in [1.807, 2.05) is 19.9 Å². The summed E-state index contributed by atoms with van der Waals surface area (Å²) < 4.78 is 38.2. The summed E-state index contributed by atoms with van der Waals surface area (Å²) >= 11 is 0. The van der Waals surface area contributed by atoms with Crippen molar-refractivity contribution in [2.24, 2.45) is 40.4 Å². The molecule has 5 N–H and O–H groups in total. The number of nitrogens with one attached hydrogen (secondary N) is 2. The Bertz CT molecular complexity index is 2140. The molecular weight excluding hydrogens is 881 g/mol. The summed E-state index contributed by atoms with van der Waals surface area (Å²) in [5.74, 6) is -1.94. The van der Waals surface area contributed by atoms with Gasteiger partial charge in [0.15, 0.2) is 0 Å². The number of rotatable bonds is 21. The summed E-state index contributed by atoms with van der Waals surface area (Å²) in [6.07, 6.45) is 9.39. The van der Waals surface area contributed by atoms with Gasteiger partial charge in [-0.1, -0.05) is 25.5 Å². The van der Waals surface area contributed by atoms with E-state index in [0.717, 1.165) is 49.7 Å². The quantitative estimate of drug-likeness (QED) is 0.0500. The van der Waals surface area contributed by atoms with Gasteiger partial charge in [-0.15, -0.1) is 0 Å². The van der Waals surface area contributed by atoms with E-state index >= 15 is 0 Å². The molecule has 6 aliphatic rings. The molecule has 10 atom stereocenters. The Morgan fingerprint density at radius 3 is 2.31 bits per heavy atom. The predicted octanol–water partition coefficient (Wildman–Crippen LogP) is 4.32. The molecule has 2 amide bonds. The van der Waals surface area contributed by atoms with E-state index < -0.39 is 35.0 Å². The van der Waals surface area contributed by atoms with Crippen molar-refractivity contribution in [3.05, 3.63) is 45.6 Å². The summed E-state index contributed by atoms with van der Waals surface area (Å²) in [6, 6.07) is 0. The zero-order chi connectivity index (χ0) is 49.0. The molecule has 0 saturated heterocycles. The first-order chi connectivity index (χ1) is 32.5. The molecule has 0 aromatic heterocycles. The lowest BCUT2D eigenvalue weighted by Gasteiger charge is -2.65. The van der Waals surface area contributed by atoms with Gasteiger partial charge in [-0.3, -0.25) is 14.4 Å². The lowest BCUT2D eigenvalue weighted by molar-refractivity contribution is -0.245. The van der Waals surface area contributed by atoms with Crippen molar-refractivity contribution in [1.29, 1.82) is 0 Å². The normalized spacial score (nSPS) is 31.1. The molecule has 1 aromatic carbocycles. The van der Waals surface area contributed by atoms with Crippen LogP contribution in [0.4, 0.5) is 0 Å². The zero-order valence-electron chi connectivity index (χ0n) is 40.6. The Morgan fingerprint density at radius 1 is 0.912 bits per heavy atom. The number of aromatic hydroxyl groups is 1. The highest BCUT2D eigenvalue weighted by Crippen LogP contribution is 2.70. The molecule has 10 unspecified atom stereocenters. The van der Waals surface area contributed by atoms with Crippen LogP contribution in [-0.2, 0) is 60.6 Å². The zero-order valence-corrected chi connectivity index (χ0v) is 40.6. The number of carbonyl (C=O) groups excluding carboxylic acids is 5. The van der Waals surface area contributed by atoms with Crippen molar-refractivity contribution >= 4 is 29.7 Å². The Kier molecular flexibility index (Phi) is 16.3. The average molecular weight is 953 g/mol. The predicted molar refractivity (Wildman–Crippen MR) is 245 cm³/mol. The Hall–Kier alpha value is -4.55. The Labute approximate surface area is 399 Å². The van der Waals surface area contributed by atoms with E-state index in [2.05, 4.69) is 17.6 Å². The van der Waals surface area contributed by atoms with E-state index in [9.17, 15) is 39.3 Å². The van der Waals surface area contributed by atoms with Gasteiger partial charge in [0.1, 0.15) is 36.9 Å². The maximum Gasteiger partial charge on any atom is 0.342 e. The molecule has 7 rings (SSSR count). The lowest BCUT2D eigenvalue weighted by Crippen LogP contribution is -2.67. The number of aliphatic hydroxyl groups excluding tert-OH is 1. The van der Waals surface area contributed by atoms with Crippen molar-refractivity contribution in [1.82, 2.24) is 10.6 Å². The Balaban J connectivity index is 0.745. The maximum atomic E-state index is 12.8. The van der Waals surface area contributed by atoms with Crippen LogP contribution in [0.15, 0.2) is 23.3 Å². The molecule has 4 fully saturated rings. The molecule has 4 aliphatic carbocycles. The standard InChI is InChI=1S/C51H72N2O15/c1-29(7-9-35-45(58)44-36(27-68-48(44)60)30(2)46(35)62-5)21-31(47(59)63-6)22-41(55)52-15-17-64-19-20-65-18-16-53-42(56)28-66-34-11-13-49(3)33(24-34)8-10-38-39(49)25-40(54)50(4)37(12-14-51(38,50)61)32-23-43(57)67-26-32/h7,23,31,33-34,37-40,54,58,61H,8-22,24-28H2,1-6H3,(H,52,55)(H,53,56)/b29-7+. The van der Waals surface area contributed by atoms with Crippen LogP contribution >= 0.6 is 0 Å². The van der Waals surface area contributed by atoms with Gasteiger partial charge in [-0.25, -0.2) is 9.59 Å². The number of ether oxygens (including phenoxy) is 7. The number of cyclic esters (lactones) is 2. The fourth-order valence-corrected chi connectivity index (χ4v) is 13.1. The number of hydrogen-bond donors (Lipinski definition) is 5. The number of fused-ring (bicyclic) bond motifs is 6. The van der Waals surface area contributed by atoms with Gasteiger partial charge in [0, 0.05) is 42.1 Å². The number of allylic oxidation sites excluding steroid dienone is 2. The van der Waals surface area contributed by atoms with E-state index in [1.165, 1.54) is 14.2 Å².